The van der Waals surface area contributed by atoms with Gasteiger partial charge in [-0.3, -0.25) is 4.79 Å². The minimum atomic E-state index is -0.524. The number of rotatable bonds is 6. The van der Waals surface area contributed by atoms with Crippen LogP contribution >= 0.6 is 0 Å². The molecule has 1 unspecified atom stereocenters. The van der Waals surface area contributed by atoms with Gasteiger partial charge < -0.3 is 23.7 Å². The van der Waals surface area contributed by atoms with E-state index in [0.717, 1.165) is 67.4 Å². The molecule has 0 radical (unpaired) electrons. The third-order valence-electron chi connectivity index (χ3n) is 7.96. The van der Waals surface area contributed by atoms with Crippen molar-refractivity contribution >= 4 is 12.0 Å². The highest BCUT2D eigenvalue weighted by Gasteiger charge is 2.55. The first kappa shape index (κ1) is 24.3. The Morgan fingerprint density at radius 1 is 0.806 bits per heavy atom. The Labute approximate surface area is 212 Å². The third kappa shape index (κ3) is 4.02. The smallest absolute Gasteiger partial charge is 0.318 e. The molecule has 2 aromatic carbocycles. The van der Waals surface area contributed by atoms with Gasteiger partial charge in [0, 0.05) is 5.92 Å². The average Bonchev–Trinajstić information content (AvgIpc) is 3.40. The van der Waals surface area contributed by atoms with Gasteiger partial charge in [-0.25, -0.2) is 0 Å². The van der Waals surface area contributed by atoms with E-state index in [0.29, 0.717) is 23.0 Å². The minimum absolute atomic E-state index is 0.0369. The van der Waals surface area contributed by atoms with E-state index < -0.39 is 5.41 Å². The van der Waals surface area contributed by atoms with Crippen molar-refractivity contribution in [3.63, 3.8) is 0 Å². The summed E-state index contributed by atoms with van der Waals surface area (Å²) >= 11 is 0. The number of carbonyl (C=O) groups is 1. The largest absolute Gasteiger partial charge is 0.493 e. The summed E-state index contributed by atoms with van der Waals surface area (Å²) in [4.78, 5) is 13.7. The quantitative estimate of drug-likeness (QED) is 0.434. The molecule has 36 heavy (non-hydrogen) atoms. The van der Waals surface area contributed by atoms with Crippen LogP contribution in [0.4, 0.5) is 0 Å². The summed E-state index contributed by atoms with van der Waals surface area (Å²) < 4.78 is 28.2. The molecule has 3 aliphatic rings. The molecule has 0 saturated heterocycles. The normalized spacial score (nSPS) is 21.8. The van der Waals surface area contributed by atoms with E-state index in [-0.39, 0.29) is 11.9 Å². The molecule has 2 aromatic rings. The van der Waals surface area contributed by atoms with E-state index in [1.165, 1.54) is 5.57 Å². The lowest BCUT2D eigenvalue weighted by Gasteiger charge is -2.44. The fraction of sp³-hybridized carbons (Fsp3) is 0.433. The number of methoxy groups -OCH3 is 4. The van der Waals surface area contributed by atoms with Gasteiger partial charge in [0.2, 0.25) is 0 Å². The first-order chi connectivity index (χ1) is 17.5. The molecule has 1 aliphatic heterocycles. The van der Waals surface area contributed by atoms with Gasteiger partial charge in [0.1, 0.15) is 5.76 Å². The average molecular weight is 491 g/mol. The van der Waals surface area contributed by atoms with Gasteiger partial charge in [0.05, 0.1) is 33.9 Å². The summed E-state index contributed by atoms with van der Waals surface area (Å²) in [6.45, 7) is 0. The standard InChI is InChI=1S/C30H34O6/c1-32-23-12-10-19(17-25(23)34-3)16-21-8-7-9-22-27(20-11-13-24(33-2)26(18-20)35-4)30(14-5-6-15-30)29(31)36-28(21)22/h10-13,16-18,27H,5-9,14-15H2,1-4H3. The molecule has 0 bridgehead atoms. The zero-order valence-electron chi connectivity index (χ0n) is 21.5. The monoisotopic (exact) mass is 490 g/mol. The SMILES string of the molecule is COc1ccc(C=C2CCCC3=C2OC(=O)C2(CCCC2)C3c2ccc(OC)c(OC)c2)cc1OC. The number of benzene rings is 2. The molecule has 1 atom stereocenters. The summed E-state index contributed by atoms with van der Waals surface area (Å²) in [5.74, 6) is 3.34. The van der Waals surface area contributed by atoms with Crippen LogP contribution in [-0.4, -0.2) is 34.4 Å². The van der Waals surface area contributed by atoms with Gasteiger partial charge >= 0.3 is 5.97 Å². The molecule has 2 aliphatic carbocycles. The highest BCUT2D eigenvalue weighted by Crippen LogP contribution is 2.59. The number of hydrogen-bond donors (Lipinski definition) is 0. The van der Waals surface area contributed by atoms with Gasteiger partial charge in [0.25, 0.3) is 0 Å². The molecule has 190 valence electrons. The molecule has 1 heterocycles. The van der Waals surface area contributed by atoms with Crippen LogP contribution in [0.2, 0.25) is 0 Å². The maximum absolute atomic E-state index is 13.7. The van der Waals surface area contributed by atoms with Gasteiger partial charge in [0.15, 0.2) is 23.0 Å². The topological polar surface area (TPSA) is 63.2 Å². The van der Waals surface area contributed by atoms with Gasteiger partial charge in [-0.1, -0.05) is 25.0 Å². The Bertz CT molecular complexity index is 1220. The number of esters is 1. The van der Waals surface area contributed by atoms with Gasteiger partial charge in [-0.2, -0.15) is 0 Å². The van der Waals surface area contributed by atoms with Gasteiger partial charge in [-0.05, 0) is 84.7 Å². The molecular weight excluding hydrogens is 456 g/mol. The fourth-order valence-corrected chi connectivity index (χ4v) is 6.29. The first-order valence-corrected chi connectivity index (χ1v) is 12.6. The van der Waals surface area contributed by atoms with Crippen molar-refractivity contribution in [1.82, 2.24) is 0 Å². The predicted molar refractivity (Wildman–Crippen MR) is 138 cm³/mol. The lowest BCUT2D eigenvalue weighted by molar-refractivity contribution is -0.154. The van der Waals surface area contributed by atoms with Crippen LogP contribution in [0.25, 0.3) is 6.08 Å². The number of hydrogen-bond acceptors (Lipinski definition) is 6. The Morgan fingerprint density at radius 2 is 1.44 bits per heavy atom. The lowest BCUT2D eigenvalue weighted by atomic mass is 9.63. The summed E-state index contributed by atoms with van der Waals surface area (Å²) in [5, 5.41) is 0. The minimum Gasteiger partial charge on any atom is -0.493 e. The Morgan fingerprint density at radius 3 is 2.11 bits per heavy atom. The van der Waals surface area contributed by atoms with Crippen molar-refractivity contribution in [3.8, 4) is 23.0 Å². The second-order valence-corrected chi connectivity index (χ2v) is 9.79. The van der Waals surface area contributed by atoms with Crippen molar-refractivity contribution in [2.45, 2.75) is 50.9 Å². The van der Waals surface area contributed by atoms with Crippen molar-refractivity contribution in [1.29, 1.82) is 0 Å². The second-order valence-electron chi connectivity index (χ2n) is 9.79. The molecule has 1 spiro atoms. The summed E-state index contributed by atoms with van der Waals surface area (Å²) in [5.41, 5.74) is 3.82. The van der Waals surface area contributed by atoms with Crippen molar-refractivity contribution in [2.75, 3.05) is 28.4 Å². The lowest BCUT2D eigenvalue weighted by Crippen LogP contribution is -2.42. The van der Waals surface area contributed by atoms with Gasteiger partial charge in [-0.15, -0.1) is 0 Å². The van der Waals surface area contributed by atoms with Crippen LogP contribution in [-0.2, 0) is 9.53 Å². The van der Waals surface area contributed by atoms with E-state index in [4.69, 9.17) is 23.7 Å². The molecule has 0 aromatic heterocycles. The van der Waals surface area contributed by atoms with Crippen molar-refractivity contribution in [2.24, 2.45) is 5.41 Å². The van der Waals surface area contributed by atoms with Crippen LogP contribution in [0, 0.1) is 5.41 Å². The van der Waals surface area contributed by atoms with E-state index in [9.17, 15) is 4.79 Å². The fourth-order valence-electron chi connectivity index (χ4n) is 6.29. The maximum Gasteiger partial charge on any atom is 0.318 e. The molecule has 6 nitrogen and oxygen atoms in total. The van der Waals surface area contributed by atoms with Crippen molar-refractivity contribution in [3.05, 3.63) is 64.4 Å². The molecule has 6 heteroatoms. The van der Waals surface area contributed by atoms with Crippen LogP contribution < -0.4 is 18.9 Å². The number of carbonyl (C=O) groups excluding carboxylic acids is 1. The van der Waals surface area contributed by atoms with E-state index >= 15 is 0 Å². The summed E-state index contributed by atoms with van der Waals surface area (Å²) in [7, 11) is 6.55. The highest BCUT2D eigenvalue weighted by atomic mass is 16.5. The third-order valence-corrected chi connectivity index (χ3v) is 7.96. The van der Waals surface area contributed by atoms with Crippen LogP contribution in [0.3, 0.4) is 0 Å². The summed E-state index contributed by atoms with van der Waals surface area (Å²) in [6.07, 6.45) is 8.65. The molecule has 1 fully saturated rings. The molecule has 5 rings (SSSR count). The Hall–Kier alpha value is -3.41. The van der Waals surface area contributed by atoms with Crippen LogP contribution in [0.1, 0.15) is 62.0 Å². The second kappa shape index (κ2) is 9.92. The maximum atomic E-state index is 13.7. The molecular formula is C30H34O6. The highest BCUT2D eigenvalue weighted by molar-refractivity contribution is 5.84. The number of ether oxygens (including phenoxy) is 5. The van der Waals surface area contributed by atoms with Crippen LogP contribution in [0.5, 0.6) is 23.0 Å². The van der Waals surface area contributed by atoms with E-state index in [2.05, 4.69) is 12.1 Å². The molecule has 0 N–H and O–H groups in total. The molecule has 1 saturated carbocycles. The summed E-state index contributed by atoms with van der Waals surface area (Å²) in [6, 6.07) is 11.9. The van der Waals surface area contributed by atoms with E-state index in [1.54, 1.807) is 28.4 Å². The molecule has 0 amide bonds. The first-order valence-electron chi connectivity index (χ1n) is 12.6. The zero-order valence-corrected chi connectivity index (χ0v) is 21.5. The number of allylic oxidation sites excluding steroid dienone is 2. The zero-order chi connectivity index (χ0) is 25.3. The van der Waals surface area contributed by atoms with E-state index in [1.807, 2.05) is 30.3 Å². The van der Waals surface area contributed by atoms with Crippen molar-refractivity contribution < 1.29 is 28.5 Å². The Balaban J connectivity index is 1.64. The predicted octanol–water partition coefficient (Wildman–Crippen LogP) is 6.44. The Kier molecular flexibility index (Phi) is 6.69. The van der Waals surface area contributed by atoms with Crippen LogP contribution in [0.15, 0.2) is 53.3 Å².